The lowest BCUT2D eigenvalue weighted by molar-refractivity contribution is -0.128. The van der Waals surface area contributed by atoms with E-state index in [4.69, 9.17) is 0 Å². The van der Waals surface area contributed by atoms with Gasteiger partial charge in [-0.15, -0.1) is 0 Å². The Morgan fingerprint density at radius 1 is 1.19 bits per heavy atom. The number of hydrogen-bond acceptors (Lipinski definition) is 3. The summed E-state index contributed by atoms with van der Waals surface area (Å²) in [6.45, 7) is 5.53. The van der Waals surface area contributed by atoms with Gasteiger partial charge in [0, 0.05) is 32.2 Å². The van der Waals surface area contributed by atoms with Gasteiger partial charge in [0.25, 0.3) is 0 Å². The van der Waals surface area contributed by atoms with E-state index < -0.39 is 0 Å². The van der Waals surface area contributed by atoms with E-state index in [-0.39, 0.29) is 12.5 Å². The van der Waals surface area contributed by atoms with E-state index in [9.17, 15) is 4.79 Å². The van der Waals surface area contributed by atoms with Gasteiger partial charge in [-0.05, 0) is 45.8 Å². The van der Waals surface area contributed by atoms with Crippen molar-refractivity contribution in [2.45, 2.75) is 32.2 Å². The molecule has 1 heterocycles. The van der Waals surface area contributed by atoms with Gasteiger partial charge in [-0.25, -0.2) is 4.99 Å². The molecule has 1 aliphatic heterocycles. The molecule has 1 aromatic rings. The van der Waals surface area contributed by atoms with Gasteiger partial charge in [0.15, 0.2) is 5.96 Å². The molecule has 144 valence electrons. The third-order valence-electron chi connectivity index (χ3n) is 4.73. The molecule has 0 saturated carbocycles. The van der Waals surface area contributed by atoms with E-state index >= 15 is 0 Å². The lowest BCUT2D eigenvalue weighted by atomic mass is 10.1. The van der Waals surface area contributed by atoms with Crippen LogP contribution in [0.15, 0.2) is 35.3 Å². The van der Waals surface area contributed by atoms with Gasteiger partial charge in [-0.1, -0.05) is 30.3 Å². The molecule has 1 unspecified atom stereocenters. The van der Waals surface area contributed by atoms with Gasteiger partial charge >= 0.3 is 0 Å². The van der Waals surface area contributed by atoms with Crippen molar-refractivity contribution in [2.24, 2.45) is 4.99 Å². The predicted octanol–water partition coefficient (Wildman–Crippen LogP) is 1.34. The SMILES string of the molecule is CCNC(=NCC(=O)N1CCCC1)NCC(Cc1ccccc1)N(C)C. The smallest absolute Gasteiger partial charge is 0.244 e. The Morgan fingerprint density at radius 3 is 2.50 bits per heavy atom. The Bertz CT molecular complexity index is 567. The summed E-state index contributed by atoms with van der Waals surface area (Å²) in [4.78, 5) is 20.8. The summed E-state index contributed by atoms with van der Waals surface area (Å²) in [5.41, 5.74) is 1.32. The highest BCUT2D eigenvalue weighted by Gasteiger charge is 2.18. The Hall–Kier alpha value is -2.08. The molecule has 6 nitrogen and oxygen atoms in total. The lowest BCUT2D eigenvalue weighted by Crippen LogP contribution is -2.46. The summed E-state index contributed by atoms with van der Waals surface area (Å²) in [5, 5.41) is 6.63. The predicted molar refractivity (Wildman–Crippen MR) is 107 cm³/mol. The van der Waals surface area contributed by atoms with Gasteiger partial charge in [0.1, 0.15) is 6.54 Å². The minimum atomic E-state index is 0.119. The second-order valence-corrected chi connectivity index (χ2v) is 6.97. The van der Waals surface area contributed by atoms with Gasteiger partial charge in [0.05, 0.1) is 0 Å². The first kappa shape index (κ1) is 20.2. The monoisotopic (exact) mass is 359 g/mol. The molecule has 1 saturated heterocycles. The quantitative estimate of drug-likeness (QED) is 0.543. The maximum absolute atomic E-state index is 12.2. The molecule has 6 heteroatoms. The maximum Gasteiger partial charge on any atom is 0.244 e. The van der Waals surface area contributed by atoms with Crippen LogP contribution in [0.5, 0.6) is 0 Å². The molecular weight excluding hydrogens is 326 g/mol. The van der Waals surface area contributed by atoms with Crippen LogP contribution in [-0.4, -0.2) is 74.5 Å². The van der Waals surface area contributed by atoms with Crippen molar-refractivity contribution in [2.75, 3.05) is 46.8 Å². The van der Waals surface area contributed by atoms with Gasteiger partial charge in [-0.2, -0.15) is 0 Å². The summed E-state index contributed by atoms with van der Waals surface area (Å²) in [5.74, 6) is 0.827. The Labute approximate surface area is 157 Å². The normalized spacial score (nSPS) is 16.0. The van der Waals surface area contributed by atoms with Crippen molar-refractivity contribution in [1.29, 1.82) is 0 Å². The van der Waals surface area contributed by atoms with Gasteiger partial charge in [-0.3, -0.25) is 4.79 Å². The standard InChI is InChI=1S/C20H33N5O/c1-4-21-20(23-16-19(26)25-12-8-9-13-25)22-15-18(24(2)3)14-17-10-6-5-7-11-17/h5-7,10-11,18H,4,8-9,12-16H2,1-3H3,(H2,21,22,23). The molecule has 0 radical (unpaired) electrons. The van der Waals surface area contributed by atoms with Crippen LogP contribution in [0.2, 0.25) is 0 Å². The molecule has 1 aromatic carbocycles. The third-order valence-corrected chi connectivity index (χ3v) is 4.73. The highest BCUT2D eigenvalue weighted by atomic mass is 16.2. The number of likely N-dealkylation sites (N-methyl/N-ethyl adjacent to an activating group) is 1. The van der Waals surface area contributed by atoms with Crippen molar-refractivity contribution in [3.63, 3.8) is 0 Å². The second kappa shape index (κ2) is 10.8. The summed E-state index contributed by atoms with van der Waals surface area (Å²) in [6.07, 6.45) is 3.18. The summed E-state index contributed by atoms with van der Waals surface area (Å²) >= 11 is 0. The zero-order valence-corrected chi connectivity index (χ0v) is 16.4. The molecule has 0 aliphatic carbocycles. The number of amides is 1. The van der Waals surface area contributed by atoms with E-state index in [1.807, 2.05) is 17.9 Å². The zero-order chi connectivity index (χ0) is 18.8. The number of nitrogens with one attached hydrogen (secondary N) is 2. The lowest BCUT2D eigenvalue weighted by Gasteiger charge is -2.26. The van der Waals surface area contributed by atoms with Crippen LogP contribution in [0.25, 0.3) is 0 Å². The first-order valence-electron chi connectivity index (χ1n) is 9.60. The average Bonchev–Trinajstić information content (AvgIpc) is 3.18. The Kier molecular flexibility index (Phi) is 8.41. The average molecular weight is 360 g/mol. The third kappa shape index (κ3) is 6.67. The highest BCUT2D eigenvalue weighted by Crippen LogP contribution is 2.08. The molecule has 1 amide bonds. The molecule has 0 bridgehead atoms. The van der Waals surface area contributed by atoms with Crippen molar-refractivity contribution in [3.8, 4) is 0 Å². The molecule has 26 heavy (non-hydrogen) atoms. The number of benzene rings is 1. The fourth-order valence-electron chi connectivity index (χ4n) is 3.09. The summed E-state index contributed by atoms with van der Waals surface area (Å²) < 4.78 is 0. The molecule has 1 fully saturated rings. The number of carbonyl (C=O) groups excluding carboxylic acids is 1. The maximum atomic E-state index is 12.2. The number of nitrogens with zero attached hydrogens (tertiary/aromatic N) is 3. The van der Waals surface area contributed by atoms with E-state index in [1.54, 1.807) is 0 Å². The van der Waals surface area contributed by atoms with E-state index in [1.165, 1.54) is 5.56 Å². The van der Waals surface area contributed by atoms with Crippen LogP contribution in [-0.2, 0) is 11.2 Å². The number of hydrogen-bond donors (Lipinski definition) is 2. The van der Waals surface area contributed by atoms with E-state index in [0.29, 0.717) is 12.0 Å². The van der Waals surface area contributed by atoms with Crippen LogP contribution in [0.3, 0.4) is 0 Å². The minimum Gasteiger partial charge on any atom is -0.357 e. The molecule has 1 aliphatic rings. The molecule has 2 rings (SSSR count). The minimum absolute atomic E-state index is 0.119. The van der Waals surface area contributed by atoms with Gasteiger partial charge in [0.2, 0.25) is 5.91 Å². The number of guanidine groups is 1. The fourth-order valence-corrected chi connectivity index (χ4v) is 3.09. The first-order chi connectivity index (χ1) is 12.6. The van der Waals surface area contributed by atoms with Crippen LogP contribution >= 0.6 is 0 Å². The second-order valence-electron chi connectivity index (χ2n) is 6.97. The van der Waals surface area contributed by atoms with Crippen molar-refractivity contribution in [3.05, 3.63) is 35.9 Å². The van der Waals surface area contributed by atoms with Crippen molar-refractivity contribution in [1.82, 2.24) is 20.4 Å². The summed E-state index contributed by atoms with van der Waals surface area (Å²) in [7, 11) is 4.19. The van der Waals surface area contributed by atoms with E-state index in [0.717, 1.165) is 45.4 Å². The number of aliphatic imine (C=N–C) groups is 1. The van der Waals surface area contributed by atoms with Crippen LogP contribution in [0.1, 0.15) is 25.3 Å². The summed E-state index contributed by atoms with van der Waals surface area (Å²) in [6, 6.07) is 10.8. The van der Waals surface area contributed by atoms with Gasteiger partial charge < -0.3 is 20.4 Å². The largest absolute Gasteiger partial charge is 0.357 e. The Balaban J connectivity index is 1.89. The highest BCUT2D eigenvalue weighted by molar-refractivity contribution is 5.85. The molecule has 1 atom stereocenters. The number of likely N-dealkylation sites (tertiary alicyclic amines) is 1. The van der Waals surface area contributed by atoms with Crippen LogP contribution < -0.4 is 10.6 Å². The molecule has 2 N–H and O–H groups in total. The number of rotatable bonds is 8. The fraction of sp³-hybridized carbons (Fsp3) is 0.600. The van der Waals surface area contributed by atoms with Crippen LogP contribution in [0, 0.1) is 0 Å². The molecular formula is C20H33N5O. The topological polar surface area (TPSA) is 60.0 Å². The van der Waals surface area contributed by atoms with E-state index in [2.05, 4.69) is 58.9 Å². The molecule has 0 aromatic heterocycles. The van der Waals surface area contributed by atoms with Crippen LogP contribution in [0.4, 0.5) is 0 Å². The Morgan fingerprint density at radius 2 is 1.88 bits per heavy atom. The van der Waals surface area contributed by atoms with Crippen molar-refractivity contribution < 1.29 is 4.79 Å². The van der Waals surface area contributed by atoms with Crippen molar-refractivity contribution >= 4 is 11.9 Å². The first-order valence-corrected chi connectivity index (χ1v) is 9.60. The molecule has 0 spiro atoms. The zero-order valence-electron chi connectivity index (χ0n) is 16.4. The number of carbonyl (C=O) groups is 1.